The molecule has 17 heavy (non-hydrogen) atoms. The van der Waals surface area contributed by atoms with Crippen molar-refractivity contribution < 1.29 is 4.92 Å². The van der Waals surface area contributed by atoms with Gasteiger partial charge in [0.05, 0.1) is 11.0 Å². The van der Waals surface area contributed by atoms with E-state index in [1.54, 1.807) is 12.1 Å². The SMILES string of the molecule is NC(c1ccccc1)c1ccc([N+](=O)[O-])cc1. The van der Waals surface area contributed by atoms with Gasteiger partial charge in [-0.15, -0.1) is 0 Å². The fourth-order valence-electron chi connectivity index (χ4n) is 1.66. The van der Waals surface area contributed by atoms with E-state index >= 15 is 0 Å². The lowest BCUT2D eigenvalue weighted by Gasteiger charge is -2.11. The number of non-ortho nitro benzene ring substituents is 1. The lowest BCUT2D eigenvalue weighted by Crippen LogP contribution is -2.11. The first-order valence-corrected chi connectivity index (χ1v) is 5.23. The van der Waals surface area contributed by atoms with Gasteiger partial charge in [-0.2, -0.15) is 0 Å². The monoisotopic (exact) mass is 228 g/mol. The van der Waals surface area contributed by atoms with Gasteiger partial charge >= 0.3 is 0 Å². The molecule has 0 saturated carbocycles. The number of nitrogens with two attached hydrogens (primary N) is 1. The molecule has 2 aromatic rings. The van der Waals surface area contributed by atoms with Crippen molar-refractivity contribution in [3.05, 3.63) is 75.8 Å². The molecule has 1 unspecified atom stereocenters. The predicted molar refractivity (Wildman–Crippen MR) is 65.6 cm³/mol. The lowest BCUT2D eigenvalue weighted by molar-refractivity contribution is -0.384. The van der Waals surface area contributed by atoms with E-state index in [1.165, 1.54) is 12.1 Å². The van der Waals surface area contributed by atoms with Crippen LogP contribution in [0.3, 0.4) is 0 Å². The topological polar surface area (TPSA) is 69.2 Å². The van der Waals surface area contributed by atoms with Gasteiger partial charge in [0, 0.05) is 12.1 Å². The highest BCUT2D eigenvalue weighted by atomic mass is 16.6. The molecule has 4 nitrogen and oxygen atoms in total. The number of hydrogen-bond donors (Lipinski definition) is 1. The average molecular weight is 228 g/mol. The largest absolute Gasteiger partial charge is 0.320 e. The van der Waals surface area contributed by atoms with Gasteiger partial charge in [0.1, 0.15) is 0 Å². The molecule has 0 spiro atoms. The van der Waals surface area contributed by atoms with Crippen molar-refractivity contribution in [1.82, 2.24) is 0 Å². The van der Waals surface area contributed by atoms with Gasteiger partial charge in [-0.1, -0.05) is 42.5 Å². The molecule has 0 aromatic heterocycles. The Morgan fingerprint density at radius 1 is 0.941 bits per heavy atom. The summed E-state index contributed by atoms with van der Waals surface area (Å²) in [4.78, 5) is 10.1. The maximum Gasteiger partial charge on any atom is 0.269 e. The highest BCUT2D eigenvalue weighted by Crippen LogP contribution is 2.21. The second-order valence-corrected chi connectivity index (χ2v) is 3.74. The fourth-order valence-corrected chi connectivity index (χ4v) is 1.66. The van der Waals surface area contributed by atoms with Crippen LogP contribution in [-0.2, 0) is 0 Å². The molecule has 0 radical (unpaired) electrons. The third-order valence-corrected chi connectivity index (χ3v) is 2.62. The Morgan fingerprint density at radius 3 is 2.00 bits per heavy atom. The van der Waals surface area contributed by atoms with Crippen molar-refractivity contribution in [3.8, 4) is 0 Å². The molecule has 0 saturated heterocycles. The van der Waals surface area contributed by atoms with E-state index in [-0.39, 0.29) is 11.7 Å². The molecule has 0 aliphatic carbocycles. The molecule has 4 heteroatoms. The predicted octanol–water partition coefficient (Wildman–Crippen LogP) is 2.64. The van der Waals surface area contributed by atoms with Crippen molar-refractivity contribution in [2.24, 2.45) is 5.73 Å². The van der Waals surface area contributed by atoms with Crippen LogP contribution in [0, 0.1) is 10.1 Å². The highest BCUT2D eigenvalue weighted by molar-refractivity contribution is 5.37. The Morgan fingerprint density at radius 2 is 1.47 bits per heavy atom. The summed E-state index contributed by atoms with van der Waals surface area (Å²) in [5.41, 5.74) is 8.00. The molecule has 1 atom stereocenters. The van der Waals surface area contributed by atoms with Crippen molar-refractivity contribution in [2.45, 2.75) is 6.04 Å². The molecular formula is C13H12N2O2. The Kier molecular flexibility index (Phi) is 3.16. The summed E-state index contributed by atoms with van der Waals surface area (Å²) in [6.45, 7) is 0. The average Bonchev–Trinajstić information content (AvgIpc) is 2.39. The first-order chi connectivity index (χ1) is 8.18. The van der Waals surface area contributed by atoms with Crippen molar-refractivity contribution in [2.75, 3.05) is 0 Å². The fraction of sp³-hybridized carbons (Fsp3) is 0.0769. The summed E-state index contributed by atoms with van der Waals surface area (Å²) in [5.74, 6) is 0. The number of benzene rings is 2. The summed E-state index contributed by atoms with van der Waals surface area (Å²) in [5, 5.41) is 10.5. The molecule has 0 amide bonds. The lowest BCUT2D eigenvalue weighted by atomic mass is 10.00. The molecular weight excluding hydrogens is 216 g/mol. The Hall–Kier alpha value is -2.20. The summed E-state index contributed by atoms with van der Waals surface area (Å²) >= 11 is 0. The number of nitro benzene ring substituents is 1. The van der Waals surface area contributed by atoms with Gasteiger partial charge in [0.2, 0.25) is 0 Å². The van der Waals surface area contributed by atoms with E-state index in [9.17, 15) is 10.1 Å². The Bertz CT molecular complexity index is 509. The third kappa shape index (κ3) is 2.49. The van der Waals surface area contributed by atoms with Gasteiger partial charge in [0.15, 0.2) is 0 Å². The molecule has 2 N–H and O–H groups in total. The van der Waals surface area contributed by atoms with Gasteiger partial charge in [0.25, 0.3) is 5.69 Å². The van der Waals surface area contributed by atoms with Gasteiger partial charge in [-0.25, -0.2) is 0 Å². The molecule has 0 fully saturated rings. The number of hydrogen-bond acceptors (Lipinski definition) is 3. The Balaban J connectivity index is 2.26. The van der Waals surface area contributed by atoms with E-state index in [0.29, 0.717) is 0 Å². The third-order valence-electron chi connectivity index (χ3n) is 2.62. The summed E-state index contributed by atoms with van der Waals surface area (Å²) < 4.78 is 0. The van der Waals surface area contributed by atoms with Crippen LogP contribution < -0.4 is 5.73 Å². The zero-order chi connectivity index (χ0) is 12.3. The van der Waals surface area contributed by atoms with E-state index in [4.69, 9.17) is 5.73 Å². The standard InChI is InChI=1S/C13H12N2O2/c14-13(10-4-2-1-3-5-10)11-6-8-12(9-7-11)15(16)17/h1-9,13H,14H2. The number of nitro groups is 1. The molecule has 86 valence electrons. The first kappa shape index (κ1) is 11.3. The van der Waals surface area contributed by atoms with Crippen molar-refractivity contribution >= 4 is 5.69 Å². The van der Waals surface area contributed by atoms with Crippen LogP contribution in [0.5, 0.6) is 0 Å². The molecule has 0 heterocycles. The van der Waals surface area contributed by atoms with Gasteiger partial charge in [-0.05, 0) is 11.1 Å². The second-order valence-electron chi connectivity index (χ2n) is 3.74. The van der Waals surface area contributed by atoms with Crippen LogP contribution in [0.2, 0.25) is 0 Å². The van der Waals surface area contributed by atoms with E-state index < -0.39 is 4.92 Å². The number of nitrogens with zero attached hydrogens (tertiary/aromatic N) is 1. The highest BCUT2D eigenvalue weighted by Gasteiger charge is 2.10. The van der Waals surface area contributed by atoms with E-state index in [1.807, 2.05) is 30.3 Å². The molecule has 2 rings (SSSR count). The zero-order valence-corrected chi connectivity index (χ0v) is 9.11. The van der Waals surface area contributed by atoms with Crippen molar-refractivity contribution in [1.29, 1.82) is 0 Å². The maximum absolute atomic E-state index is 10.5. The Labute approximate surface area is 98.8 Å². The summed E-state index contributed by atoms with van der Waals surface area (Å²) in [6.07, 6.45) is 0. The normalized spacial score (nSPS) is 12.1. The zero-order valence-electron chi connectivity index (χ0n) is 9.11. The molecule has 2 aromatic carbocycles. The quantitative estimate of drug-likeness (QED) is 0.648. The van der Waals surface area contributed by atoms with Crippen LogP contribution >= 0.6 is 0 Å². The van der Waals surface area contributed by atoms with E-state index in [0.717, 1.165) is 11.1 Å². The van der Waals surface area contributed by atoms with Crippen LogP contribution in [0.25, 0.3) is 0 Å². The molecule has 0 bridgehead atoms. The minimum Gasteiger partial charge on any atom is -0.320 e. The van der Waals surface area contributed by atoms with Gasteiger partial charge in [-0.3, -0.25) is 10.1 Å². The smallest absolute Gasteiger partial charge is 0.269 e. The number of rotatable bonds is 3. The maximum atomic E-state index is 10.5. The van der Waals surface area contributed by atoms with Crippen molar-refractivity contribution in [3.63, 3.8) is 0 Å². The van der Waals surface area contributed by atoms with Crippen LogP contribution in [0.4, 0.5) is 5.69 Å². The second kappa shape index (κ2) is 4.76. The van der Waals surface area contributed by atoms with Crippen LogP contribution in [0.15, 0.2) is 54.6 Å². The molecule has 0 aliphatic heterocycles. The van der Waals surface area contributed by atoms with Crippen LogP contribution in [0.1, 0.15) is 17.2 Å². The van der Waals surface area contributed by atoms with E-state index in [2.05, 4.69) is 0 Å². The minimum atomic E-state index is -0.419. The summed E-state index contributed by atoms with van der Waals surface area (Å²) in [7, 11) is 0. The van der Waals surface area contributed by atoms with Crippen LogP contribution in [-0.4, -0.2) is 4.92 Å². The molecule has 0 aliphatic rings. The minimum absolute atomic E-state index is 0.0778. The first-order valence-electron chi connectivity index (χ1n) is 5.23. The van der Waals surface area contributed by atoms with Gasteiger partial charge < -0.3 is 5.73 Å². The summed E-state index contributed by atoms with van der Waals surface area (Å²) in [6, 6.07) is 15.7.